The standard InChI is InChI=1S/C29H29N5O5S/c35-28(22-9-12-27-30-13-15-32(27)18-22)31-16-20-7-10-23(11-8-20)40(38,39)34-19-25(24-5-1-2-6-26(24)34)21-4-3-14-33(17-21)29(36)37/h1-2,5-13,15,18,21,25H,3-4,14,16-17,19H2,(H,31,35)(H,36,37). The number of carbonyl (C=O) groups excluding carboxylic acids is 1. The Labute approximate surface area is 231 Å². The number of pyridine rings is 1. The van der Waals surface area contributed by atoms with Gasteiger partial charge in [-0.05, 0) is 60.2 Å². The number of hydrogen-bond donors (Lipinski definition) is 2. The Hall–Kier alpha value is -4.38. The van der Waals surface area contributed by atoms with E-state index in [1.54, 1.807) is 59.4 Å². The van der Waals surface area contributed by atoms with Gasteiger partial charge in [0.2, 0.25) is 0 Å². The van der Waals surface area contributed by atoms with Crippen molar-refractivity contribution in [2.24, 2.45) is 5.92 Å². The zero-order valence-corrected chi connectivity index (χ0v) is 22.5. The largest absolute Gasteiger partial charge is 0.465 e. The molecule has 2 atom stereocenters. The van der Waals surface area contributed by atoms with Crippen molar-refractivity contribution < 1.29 is 23.1 Å². The fourth-order valence-corrected chi connectivity index (χ4v) is 7.31. The molecule has 40 heavy (non-hydrogen) atoms. The van der Waals surface area contributed by atoms with Gasteiger partial charge < -0.3 is 19.7 Å². The maximum absolute atomic E-state index is 13.8. The van der Waals surface area contributed by atoms with Crippen molar-refractivity contribution >= 4 is 33.4 Å². The maximum Gasteiger partial charge on any atom is 0.407 e. The van der Waals surface area contributed by atoms with Gasteiger partial charge in [-0.25, -0.2) is 18.2 Å². The van der Waals surface area contributed by atoms with Crippen LogP contribution in [0.5, 0.6) is 0 Å². The Balaban J connectivity index is 1.16. The van der Waals surface area contributed by atoms with Crippen molar-refractivity contribution in [1.29, 1.82) is 0 Å². The first kappa shape index (κ1) is 25.9. The monoisotopic (exact) mass is 559 g/mol. The van der Waals surface area contributed by atoms with Crippen LogP contribution in [0.4, 0.5) is 10.5 Å². The van der Waals surface area contributed by atoms with E-state index in [2.05, 4.69) is 10.3 Å². The van der Waals surface area contributed by atoms with E-state index in [1.165, 1.54) is 9.21 Å². The van der Waals surface area contributed by atoms with E-state index in [-0.39, 0.29) is 35.7 Å². The summed E-state index contributed by atoms with van der Waals surface area (Å²) in [6, 6.07) is 17.5. The highest BCUT2D eigenvalue weighted by Gasteiger charge is 2.41. The molecule has 2 unspecified atom stereocenters. The van der Waals surface area contributed by atoms with Crippen molar-refractivity contribution in [3.05, 3.63) is 95.9 Å². The van der Waals surface area contributed by atoms with Crippen LogP contribution in [0, 0.1) is 5.92 Å². The zero-order chi connectivity index (χ0) is 27.9. The summed E-state index contributed by atoms with van der Waals surface area (Å²) < 4.78 is 30.8. The minimum absolute atomic E-state index is 0.0478. The first-order chi connectivity index (χ1) is 19.3. The topological polar surface area (TPSA) is 124 Å². The van der Waals surface area contributed by atoms with Gasteiger partial charge in [0.25, 0.3) is 15.9 Å². The molecule has 11 heteroatoms. The Kier molecular flexibility index (Phi) is 6.67. The number of anilines is 1. The summed E-state index contributed by atoms with van der Waals surface area (Å²) in [5.41, 5.74) is 3.60. The highest BCUT2D eigenvalue weighted by molar-refractivity contribution is 7.92. The number of amides is 2. The van der Waals surface area contributed by atoms with Crippen molar-refractivity contribution in [1.82, 2.24) is 19.6 Å². The number of carbonyl (C=O) groups is 2. The number of imidazole rings is 1. The molecule has 2 aliphatic heterocycles. The molecule has 0 radical (unpaired) electrons. The van der Waals surface area contributed by atoms with Crippen LogP contribution in [0.15, 0.2) is 84.1 Å². The third kappa shape index (κ3) is 4.77. The van der Waals surface area contributed by atoms with Gasteiger partial charge >= 0.3 is 6.09 Å². The molecule has 2 aromatic heterocycles. The van der Waals surface area contributed by atoms with Crippen molar-refractivity contribution in [3.8, 4) is 0 Å². The van der Waals surface area contributed by atoms with Gasteiger partial charge in [-0.2, -0.15) is 0 Å². The van der Waals surface area contributed by atoms with Crippen LogP contribution in [0.2, 0.25) is 0 Å². The summed E-state index contributed by atoms with van der Waals surface area (Å²) in [6.07, 6.45) is 5.82. The lowest BCUT2D eigenvalue weighted by Crippen LogP contribution is -2.42. The molecule has 1 saturated heterocycles. The fraction of sp³-hybridized carbons (Fsp3) is 0.276. The summed E-state index contributed by atoms with van der Waals surface area (Å²) in [5.74, 6) is -0.271. The second-order valence-corrected chi connectivity index (χ2v) is 12.1. The van der Waals surface area contributed by atoms with Gasteiger partial charge in [0, 0.05) is 50.7 Å². The normalized spacial score (nSPS) is 19.0. The number of nitrogens with one attached hydrogen (secondary N) is 1. The third-order valence-corrected chi connectivity index (χ3v) is 9.67. The number of piperidine rings is 1. The molecule has 206 valence electrons. The van der Waals surface area contributed by atoms with Crippen LogP contribution in [-0.2, 0) is 16.6 Å². The average molecular weight is 560 g/mol. The molecule has 6 rings (SSSR count). The summed E-state index contributed by atoms with van der Waals surface area (Å²) >= 11 is 0. The molecule has 2 aromatic carbocycles. The van der Waals surface area contributed by atoms with Crippen LogP contribution in [0.25, 0.3) is 5.65 Å². The van der Waals surface area contributed by atoms with Crippen LogP contribution < -0.4 is 9.62 Å². The second-order valence-electron chi connectivity index (χ2n) is 10.3. The maximum atomic E-state index is 13.8. The lowest BCUT2D eigenvalue weighted by Gasteiger charge is -2.34. The number of likely N-dealkylation sites (tertiary alicyclic amines) is 1. The van der Waals surface area contributed by atoms with E-state index in [9.17, 15) is 23.1 Å². The first-order valence-corrected chi connectivity index (χ1v) is 14.6. The highest BCUT2D eigenvalue weighted by atomic mass is 32.2. The molecular formula is C29H29N5O5S. The quantitative estimate of drug-likeness (QED) is 0.369. The number of carboxylic acid groups (broad SMARTS) is 1. The van der Waals surface area contributed by atoms with E-state index in [0.29, 0.717) is 24.3 Å². The van der Waals surface area contributed by atoms with Crippen LogP contribution in [0.1, 0.15) is 40.2 Å². The highest BCUT2D eigenvalue weighted by Crippen LogP contribution is 2.45. The van der Waals surface area contributed by atoms with E-state index in [4.69, 9.17) is 0 Å². The van der Waals surface area contributed by atoms with Gasteiger partial charge in [0.1, 0.15) is 5.65 Å². The number of para-hydroxylation sites is 1. The van der Waals surface area contributed by atoms with Crippen molar-refractivity contribution in [3.63, 3.8) is 0 Å². The summed E-state index contributed by atoms with van der Waals surface area (Å²) in [6.45, 7) is 1.43. The zero-order valence-electron chi connectivity index (χ0n) is 21.7. The Morgan fingerprint density at radius 2 is 1.82 bits per heavy atom. The number of rotatable bonds is 6. The van der Waals surface area contributed by atoms with Crippen LogP contribution in [-0.4, -0.2) is 59.4 Å². The fourth-order valence-electron chi connectivity index (χ4n) is 5.79. The molecule has 0 spiro atoms. The van der Waals surface area contributed by atoms with E-state index >= 15 is 0 Å². The summed E-state index contributed by atoms with van der Waals surface area (Å²) in [7, 11) is -3.85. The predicted molar refractivity (Wildman–Crippen MR) is 149 cm³/mol. The Bertz CT molecular complexity index is 1680. The Morgan fingerprint density at radius 1 is 1.02 bits per heavy atom. The molecule has 0 saturated carbocycles. The smallest absolute Gasteiger partial charge is 0.407 e. The number of sulfonamides is 1. The predicted octanol–water partition coefficient (Wildman–Crippen LogP) is 3.95. The number of fused-ring (bicyclic) bond motifs is 2. The molecule has 10 nitrogen and oxygen atoms in total. The van der Waals surface area contributed by atoms with Crippen molar-refractivity contribution in [2.45, 2.75) is 30.2 Å². The van der Waals surface area contributed by atoms with Gasteiger partial charge in [0.05, 0.1) is 16.1 Å². The van der Waals surface area contributed by atoms with Gasteiger partial charge in [-0.1, -0.05) is 30.3 Å². The van der Waals surface area contributed by atoms with Crippen LogP contribution >= 0.6 is 0 Å². The lowest BCUT2D eigenvalue weighted by molar-refractivity contribution is 0.0950. The summed E-state index contributed by atoms with van der Waals surface area (Å²) in [4.78, 5) is 30.0. The van der Waals surface area contributed by atoms with Gasteiger partial charge in [-0.3, -0.25) is 9.10 Å². The molecule has 1 fully saturated rings. The summed E-state index contributed by atoms with van der Waals surface area (Å²) in [5, 5.41) is 12.4. The first-order valence-electron chi connectivity index (χ1n) is 13.2. The molecular weight excluding hydrogens is 530 g/mol. The number of aromatic nitrogens is 2. The minimum Gasteiger partial charge on any atom is -0.465 e. The molecule has 2 aliphatic rings. The minimum atomic E-state index is -3.85. The van der Waals surface area contributed by atoms with E-state index < -0.39 is 16.1 Å². The molecule has 0 aliphatic carbocycles. The number of benzene rings is 2. The Morgan fingerprint density at radius 3 is 2.62 bits per heavy atom. The lowest BCUT2D eigenvalue weighted by atomic mass is 9.82. The number of hydrogen-bond acceptors (Lipinski definition) is 5. The SMILES string of the molecule is O=C(NCc1ccc(S(=O)(=O)N2CC(C3CCCN(C(=O)O)C3)c3ccccc32)cc1)c1ccc2nccn2c1. The molecule has 4 aromatic rings. The average Bonchev–Trinajstić information content (AvgIpc) is 3.61. The molecule has 0 bridgehead atoms. The van der Waals surface area contributed by atoms with Crippen molar-refractivity contribution in [2.75, 3.05) is 23.9 Å². The van der Waals surface area contributed by atoms with Crippen LogP contribution in [0.3, 0.4) is 0 Å². The van der Waals surface area contributed by atoms with Gasteiger partial charge in [0.15, 0.2) is 0 Å². The van der Waals surface area contributed by atoms with E-state index in [0.717, 1.165) is 29.6 Å². The number of nitrogens with zero attached hydrogens (tertiary/aromatic N) is 4. The third-order valence-electron chi connectivity index (χ3n) is 7.88. The molecule has 4 heterocycles. The van der Waals surface area contributed by atoms with E-state index in [1.807, 2.05) is 24.3 Å². The van der Waals surface area contributed by atoms with Gasteiger partial charge in [-0.15, -0.1) is 0 Å². The molecule has 2 amide bonds. The second kappa shape index (κ2) is 10.3. The molecule has 2 N–H and O–H groups in total.